The molecule has 2 N–H and O–H groups in total. The summed E-state index contributed by atoms with van der Waals surface area (Å²) in [5, 5.41) is 0. The SMILES string of the molecule is CN(C(=O)c1ccnc(CN)c1)C1CCC1.Cl. The Morgan fingerprint density at radius 1 is 1.59 bits per heavy atom. The van der Waals surface area contributed by atoms with Crippen molar-refractivity contribution in [3.05, 3.63) is 29.6 Å². The first-order valence-electron chi connectivity index (χ1n) is 5.64. The molecule has 1 heterocycles. The lowest BCUT2D eigenvalue weighted by Gasteiger charge is -2.34. The molecule has 1 saturated carbocycles. The molecule has 5 heteroatoms. The Morgan fingerprint density at radius 3 is 2.82 bits per heavy atom. The van der Waals surface area contributed by atoms with E-state index in [0.717, 1.165) is 18.5 Å². The number of carbonyl (C=O) groups excluding carboxylic acids is 1. The van der Waals surface area contributed by atoms with Crippen molar-refractivity contribution in [1.82, 2.24) is 9.88 Å². The quantitative estimate of drug-likeness (QED) is 0.892. The third kappa shape index (κ3) is 2.96. The van der Waals surface area contributed by atoms with Gasteiger partial charge in [-0.05, 0) is 31.4 Å². The third-order valence-electron chi connectivity index (χ3n) is 3.22. The minimum Gasteiger partial charge on any atom is -0.339 e. The summed E-state index contributed by atoms with van der Waals surface area (Å²) in [4.78, 5) is 18.0. The molecule has 0 aromatic carbocycles. The topological polar surface area (TPSA) is 59.2 Å². The van der Waals surface area contributed by atoms with Gasteiger partial charge in [-0.3, -0.25) is 9.78 Å². The Labute approximate surface area is 108 Å². The second kappa shape index (κ2) is 5.98. The highest BCUT2D eigenvalue weighted by Crippen LogP contribution is 2.24. The van der Waals surface area contributed by atoms with Gasteiger partial charge in [-0.1, -0.05) is 0 Å². The molecule has 1 aromatic rings. The number of nitrogens with two attached hydrogens (primary N) is 1. The number of hydrogen-bond acceptors (Lipinski definition) is 3. The lowest BCUT2D eigenvalue weighted by atomic mass is 9.91. The Hall–Kier alpha value is -1.13. The maximum absolute atomic E-state index is 12.1. The summed E-state index contributed by atoms with van der Waals surface area (Å²) in [7, 11) is 1.87. The van der Waals surface area contributed by atoms with Crippen molar-refractivity contribution in [1.29, 1.82) is 0 Å². The molecule has 94 valence electrons. The number of aromatic nitrogens is 1. The summed E-state index contributed by atoms with van der Waals surface area (Å²) >= 11 is 0. The van der Waals surface area contributed by atoms with Gasteiger partial charge in [0.25, 0.3) is 5.91 Å². The zero-order chi connectivity index (χ0) is 11.5. The molecule has 0 bridgehead atoms. The van der Waals surface area contributed by atoms with Crippen molar-refractivity contribution >= 4 is 18.3 Å². The highest BCUT2D eigenvalue weighted by molar-refractivity contribution is 5.94. The largest absolute Gasteiger partial charge is 0.339 e. The highest BCUT2D eigenvalue weighted by atomic mass is 35.5. The van der Waals surface area contributed by atoms with Gasteiger partial charge in [0, 0.05) is 31.4 Å². The van der Waals surface area contributed by atoms with Crippen LogP contribution < -0.4 is 5.73 Å². The first kappa shape index (κ1) is 13.9. The predicted molar refractivity (Wildman–Crippen MR) is 69.1 cm³/mol. The monoisotopic (exact) mass is 255 g/mol. The standard InChI is InChI=1S/C12H17N3O.ClH/c1-15(11-3-2-4-11)12(16)9-5-6-14-10(7-9)8-13;/h5-7,11H,2-4,8,13H2,1H3;1H. The van der Waals surface area contributed by atoms with Crippen molar-refractivity contribution in [3.63, 3.8) is 0 Å². The molecule has 2 rings (SSSR count). The minimum absolute atomic E-state index is 0. The Bertz CT molecular complexity index is 393. The van der Waals surface area contributed by atoms with Crippen molar-refractivity contribution in [3.8, 4) is 0 Å². The maximum Gasteiger partial charge on any atom is 0.253 e. The van der Waals surface area contributed by atoms with E-state index in [1.807, 2.05) is 11.9 Å². The Kier molecular flexibility index (Phi) is 4.90. The number of hydrogen-bond donors (Lipinski definition) is 1. The van der Waals surface area contributed by atoms with E-state index >= 15 is 0 Å². The molecular weight excluding hydrogens is 238 g/mol. The molecule has 0 atom stereocenters. The Morgan fingerprint density at radius 2 is 2.29 bits per heavy atom. The van der Waals surface area contributed by atoms with Gasteiger partial charge in [0.15, 0.2) is 0 Å². The van der Waals surface area contributed by atoms with Gasteiger partial charge in [0.1, 0.15) is 0 Å². The fourth-order valence-electron chi connectivity index (χ4n) is 1.87. The number of rotatable bonds is 3. The van der Waals surface area contributed by atoms with Crippen LogP contribution in [0.1, 0.15) is 35.3 Å². The maximum atomic E-state index is 12.1. The van der Waals surface area contributed by atoms with E-state index in [-0.39, 0.29) is 18.3 Å². The number of carbonyl (C=O) groups is 1. The molecule has 1 aromatic heterocycles. The second-order valence-electron chi connectivity index (χ2n) is 4.24. The number of amides is 1. The van der Waals surface area contributed by atoms with Gasteiger partial charge >= 0.3 is 0 Å². The first-order chi connectivity index (χ1) is 7.72. The zero-order valence-corrected chi connectivity index (χ0v) is 10.7. The van der Waals surface area contributed by atoms with Crippen LogP contribution in [0.25, 0.3) is 0 Å². The van der Waals surface area contributed by atoms with E-state index in [4.69, 9.17) is 5.73 Å². The summed E-state index contributed by atoms with van der Waals surface area (Å²) in [5.41, 5.74) is 6.95. The molecule has 17 heavy (non-hydrogen) atoms. The normalized spacial score (nSPS) is 14.7. The summed E-state index contributed by atoms with van der Waals surface area (Å²) < 4.78 is 0. The van der Waals surface area contributed by atoms with Crippen molar-refractivity contribution in [2.24, 2.45) is 5.73 Å². The molecule has 1 aliphatic rings. The molecule has 0 saturated heterocycles. The van der Waals surface area contributed by atoms with Crippen LogP contribution in [0, 0.1) is 0 Å². The molecule has 4 nitrogen and oxygen atoms in total. The first-order valence-corrected chi connectivity index (χ1v) is 5.64. The molecule has 0 aliphatic heterocycles. The molecule has 0 unspecified atom stereocenters. The summed E-state index contributed by atoms with van der Waals surface area (Å²) in [6, 6.07) is 3.94. The Balaban J connectivity index is 0.00000144. The van der Waals surface area contributed by atoms with Gasteiger partial charge in [-0.25, -0.2) is 0 Å². The molecule has 1 fully saturated rings. The number of halogens is 1. The van der Waals surface area contributed by atoms with Crippen molar-refractivity contribution in [2.45, 2.75) is 31.8 Å². The lowest BCUT2D eigenvalue weighted by molar-refractivity contribution is 0.0652. The molecule has 1 aliphatic carbocycles. The molecule has 0 radical (unpaired) electrons. The van der Waals surface area contributed by atoms with Gasteiger partial charge in [0.2, 0.25) is 0 Å². The van der Waals surface area contributed by atoms with Crippen LogP contribution in [0.4, 0.5) is 0 Å². The van der Waals surface area contributed by atoms with Gasteiger partial charge in [-0.15, -0.1) is 12.4 Å². The van der Waals surface area contributed by atoms with E-state index in [2.05, 4.69) is 4.98 Å². The summed E-state index contributed by atoms with van der Waals surface area (Å²) in [5.74, 6) is 0.0711. The molecular formula is C12H18ClN3O. The van der Waals surface area contributed by atoms with Crippen LogP contribution in [-0.4, -0.2) is 28.9 Å². The number of nitrogens with zero attached hydrogens (tertiary/aromatic N) is 2. The van der Waals surface area contributed by atoms with Crippen molar-refractivity contribution in [2.75, 3.05) is 7.05 Å². The fourth-order valence-corrected chi connectivity index (χ4v) is 1.87. The van der Waals surface area contributed by atoms with Gasteiger partial charge in [-0.2, -0.15) is 0 Å². The summed E-state index contributed by atoms with van der Waals surface area (Å²) in [6.07, 6.45) is 5.12. The molecule has 1 amide bonds. The molecule has 0 spiro atoms. The highest BCUT2D eigenvalue weighted by Gasteiger charge is 2.26. The van der Waals surface area contributed by atoms with Crippen LogP contribution in [-0.2, 0) is 6.54 Å². The minimum atomic E-state index is 0. The van der Waals surface area contributed by atoms with E-state index in [1.165, 1.54) is 6.42 Å². The number of pyridine rings is 1. The van der Waals surface area contributed by atoms with Crippen molar-refractivity contribution < 1.29 is 4.79 Å². The predicted octanol–water partition coefficient (Wildman–Crippen LogP) is 1.59. The average molecular weight is 256 g/mol. The van der Waals surface area contributed by atoms with Gasteiger partial charge < -0.3 is 10.6 Å². The van der Waals surface area contributed by atoms with E-state index in [0.29, 0.717) is 18.2 Å². The smallest absolute Gasteiger partial charge is 0.253 e. The van der Waals surface area contributed by atoms with Crippen LogP contribution >= 0.6 is 12.4 Å². The van der Waals surface area contributed by atoms with Crippen LogP contribution in [0.3, 0.4) is 0 Å². The van der Waals surface area contributed by atoms with Crippen LogP contribution in [0.2, 0.25) is 0 Å². The van der Waals surface area contributed by atoms with E-state index in [1.54, 1.807) is 18.3 Å². The van der Waals surface area contributed by atoms with E-state index in [9.17, 15) is 4.79 Å². The lowest BCUT2D eigenvalue weighted by Crippen LogP contribution is -2.41. The summed E-state index contributed by atoms with van der Waals surface area (Å²) in [6.45, 7) is 0.369. The fraction of sp³-hybridized carbons (Fsp3) is 0.500. The van der Waals surface area contributed by atoms with Crippen LogP contribution in [0.15, 0.2) is 18.3 Å². The second-order valence-corrected chi connectivity index (χ2v) is 4.24. The van der Waals surface area contributed by atoms with E-state index < -0.39 is 0 Å². The van der Waals surface area contributed by atoms with Gasteiger partial charge in [0.05, 0.1) is 5.69 Å². The third-order valence-corrected chi connectivity index (χ3v) is 3.22. The van der Waals surface area contributed by atoms with Crippen LogP contribution in [0.5, 0.6) is 0 Å². The zero-order valence-electron chi connectivity index (χ0n) is 9.93. The average Bonchev–Trinajstić information content (AvgIpc) is 2.25.